The third-order valence-electron chi connectivity index (χ3n) is 4.82. The summed E-state index contributed by atoms with van der Waals surface area (Å²) in [7, 11) is 0. The first kappa shape index (κ1) is 17.1. The number of aromatic nitrogens is 2. The van der Waals surface area contributed by atoms with Gasteiger partial charge >= 0.3 is 0 Å². The zero-order chi connectivity index (χ0) is 18.8. The molecule has 134 valence electrons. The molecule has 0 fully saturated rings. The van der Waals surface area contributed by atoms with Crippen molar-refractivity contribution in [3.05, 3.63) is 102 Å². The van der Waals surface area contributed by atoms with E-state index >= 15 is 0 Å². The molecule has 0 bridgehead atoms. The highest BCUT2D eigenvalue weighted by Gasteiger charge is 2.19. The smallest absolute Gasteiger partial charge is 0.137 e. The summed E-state index contributed by atoms with van der Waals surface area (Å²) in [4.78, 5) is 7.77. The van der Waals surface area contributed by atoms with Crippen molar-refractivity contribution in [3.8, 4) is 0 Å². The highest BCUT2D eigenvalue weighted by Crippen LogP contribution is 2.35. The van der Waals surface area contributed by atoms with E-state index in [-0.39, 0.29) is 6.04 Å². The molecular weight excluding hydrogens is 330 g/mol. The zero-order valence-electron chi connectivity index (χ0n) is 15.7. The Morgan fingerprint density at radius 2 is 1.81 bits per heavy atom. The standard InChI is InChI=1S/C24H23N3/c1-16-8-7-11-20(12-16)27-23(19-9-5-4-6-10-19)18(3)22-15-26-24-21(22)13-17(2)14-25-24/h4-15,23,27H,3H2,1-2H3,(H,25,26). The first-order valence-corrected chi connectivity index (χ1v) is 9.13. The molecule has 0 amide bonds. The van der Waals surface area contributed by atoms with Gasteiger partial charge in [-0.2, -0.15) is 0 Å². The van der Waals surface area contributed by atoms with E-state index in [9.17, 15) is 0 Å². The van der Waals surface area contributed by atoms with Crippen LogP contribution in [-0.4, -0.2) is 9.97 Å². The quantitative estimate of drug-likeness (QED) is 0.459. The number of fused-ring (bicyclic) bond motifs is 1. The van der Waals surface area contributed by atoms with Crippen molar-refractivity contribution in [2.45, 2.75) is 19.9 Å². The summed E-state index contributed by atoms with van der Waals surface area (Å²) >= 11 is 0. The lowest BCUT2D eigenvalue weighted by molar-refractivity contribution is 1.01. The molecule has 2 aromatic heterocycles. The van der Waals surface area contributed by atoms with E-state index in [4.69, 9.17) is 0 Å². The third-order valence-corrected chi connectivity index (χ3v) is 4.82. The average Bonchev–Trinajstić information content (AvgIpc) is 3.09. The Morgan fingerprint density at radius 1 is 1.00 bits per heavy atom. The van der Waals surface area contributed by atoms with Crippen molar-refractivity contribution in [2.24, 2.45) is 0 Å². The van der Waals surface area contributed by atoms with Crippen LogP contribution < -0.4 is 5.32 Å². The maximum absolute atomic E-state index is 4.49. The van der Waals surface area contributed by atoms with Gasteiger partial charge in [-0.1, -0.05) is 49.0 Å². The minimum atomic E-state index is -0.0347. The fourth-order valence-electron chi connectivity index (χ4n) is 3.45. The van der Waals surface area contributed by atoms with Crippen LogP contribution in [0.3, 0.4) is 0 Å². The van der Waals surface area contributed by atoms with Crippen LogP contribution in [0.25, 0.3) is 16.6 Å². The Morgan fingerprint density at radius 3 is 2.59 bits per heavy atom. The second-order valence-corrected chi connectivity index (χ2v) is 6.99. The number of hydrogen-bond donors (Lipinski definition) is 2. The maximum atomic E-state index is 4.49. The van der Waals surface area contributed by atoms with Gasteiger partial charge in [-0.25, -0.2) is 4.98 Å². The Bertz CT molecular complexity index is 1090. The molecule has 4 aromatic rings. The summed E-state index contributed by atoms with van der Waals surface area (Å²) in [6, 6.07) is 21.0. The molecule has 0 aliphatic rings. The number of aromatic amines is 1. The molecule has 0 radical (unpaired) electrons. The number of nitrogens with zero attached hydrogens (tertiary/aromatic N) is 1. The first-order valence-electron chi connectivity index (χ1n) is 9.13. The van der Waals surface area contributed by atoms with Crippen molar-refractivity contribution in [3.63, 3.8) is 0 Å². The van der Waals surface area contributed by atoms with E-state index in [1.807, 2.05) is 18.5 Å². The molecule has 0 spiro atoms. The van der Waals surface area contributed by atoms with Gasteiger partial charge in [0.25, 0.3) is 0 Å². The van der Waals surface area contributed by atoms with Crippen LogP contribution in [0.4, 0.5) is 5.69 Å². The van der Waals surface area contributed by atoms with Crippen LogP contribution in [0, 0.1) is 13.8 Å². The van der Waals surface area contributed by atoms with Gasteiger partial charge < -0.3 is 10.3 Å². The summed E-state index contributed by atoms with van der Waals surface area (Å²) < 4.78 is 0. The van der Waals surface area contributed by atoms with E-state index in [0.29, 0.717) is 0 Å². The van der Waals surface area contributed by atoms with Crippen LogP contribution in [0.1, 0.15) is 28.3 Å². The molecule has 2 heterocycles. The van der Waals surface area contributed by atoms with Crippen LogP contribution in [0.5, 0.6) is 0 Å². The van der Waals surface area contributed by atoms with Gasteiger partial charge in [0.05, 0.1) is 6.04 Å². The molecule has 4 rings (SSSR count). The van der Waals surface area contributed by atoms with Gasteiger partial charge in [0.15, 0.2) is 0 Å². The number of pyridine rings is 1. The minimum absolute atomic E-state index is 0.0347. The predicted molar refractivity (Wildman–Crippen MR) is 114 cm³/mol. The van der Waals surface area contributed by atoms with Crippen molar-refractivity contribution in [1.82, 2.24) is 9.97 Å². The molecule has 3 nitrogen and oxygen atoms in total. The molecule has 0 saturated carbocycles. The van der Waals surface area contributed by atoms with Gasteiger partial charge in [0, 0.05) is 29.0 Å². The first-order chi connectivity index (χ1) is 13.1. The molecule has 1 unspecified atom stereocenters. The summed E-state index contributed by atoms with van der Waals surface area (Å²) in [6.45, 7) is 8.63. The zero-order valence-corrected chi connectivity index (χ0v) is 15.7. The summed E-state index contributed by atoms with van der Waals surface area (Å²) in [5.41, 5.74) is 7.62. The maximum Gasteiger partial charge on any atom is 0.137 e. The lowest BCUT2D eigenvalue weighted by atomic mass is 9.93. The molecule has 2 aromatic carbocycles. The molecule has 0 aliphatic heterocycles. The minimum Gasteiger partial charge on any atom is -0.374 e. The number of hydrogen-bond acceptors (Lipinski definition) is 2. The van der Waals surface area contributed by atoms with E-state index in [2.05, 4.69) is 90.3 Å². The SMILES string of the molecule is C=C(c1c[nH]c2ncc(C)cc12)C(Nc1cccc(C)c1)c1ccccc1. The van der Waals surface area contributed by atoms with E-state index in [1.165, 1.54) is 11.1 Å². The van der Waals surface area contributed by atoms with Gasteiger partial charge in [-0.3, -0.25) is 0 Å². The van der Waals surface area contributed by atoms with Crippen LogP contribution in [0.2, 0.25) is 0 Å². The predicted octanol–water partition coefficient (Wildman–Crippen LogP) is 6.05. The number of nitrogens with one attached hydrogen (secondary N) is 2. The van der Waals surface area contributed by atoms with Gasteiger partial charge in [0.1, 0.15) is 5.65 Å². The number of H-pyrrole nitrogens is 1. The van der Waals surface area contributed by atoms with Crippen molar-refractivity contribution < 1.29 is 0 Å². The monoisotopic (exact) mass is 353 g/mol. The lowest BCUT2D eigenvalue weighted by Gasteiger charge is -2.23. The normalized spacial score (nSPS) is 12.1. The molecule has 27 heavy (non-hydrogen) atoms. The number of benzene rings is 2. The summed E-state index contributed by atoms with van der Waals surface area (Å²) in [5, 5.41) is 4.77. The Balaban J connectivity index is 1.77. The molecule has 1 atom stereocenters. The Hall–Kier alpha value is -3.33. The lowest BCUT2D eigenvalue weighted by Crippen LogP contribution is -2.12. The highest BCUT2D eigenvalue weighted by atomic mass is 14.9. The van der Waals surface area contributed by atoms with Crippen molar-refractivity contribution in [2.75, 3.05) is 5.32 Å². The molecule has 2 N–H and O–H groups in total. The molecule has 0 saturated heterocycles. The Kier molecular flexibility index (Phi) is 4.51. The summed E-state index contributed by atoms with van der Waals surface area (Å²) in [6.07, 6.45) is 3.89. The van der Waals surface area contributed by atoms with Crippen molar-refractivity contribution in [1.29, 1.82) is 0 Å². The topological polar surface area (TPSA) is 40.7 Å². The fraction of sp³-hybridized carbons (Fsp3) is 0.125. The van der Waals surface area contributed by atoms with Crippen LogP contribution in [0.15, 0.2) is 79.6 Å². The van der Waals surface area contributed by atoms with E-state index < -0.39 is 0 Å². The van der Waals surface area contributed by atoms with Crippen LogP contribution >= 0.6 is 0 Å². The number of rotatable bonds is 5. The number of anilines is 1. The largest absolute Gasteiger partial charge is 0.374 e. The molecule has 0 aliphatic carbocycles. The highest BCUT2D eigenvalue weighted by molar-refractivity contribution is 5.92. The average molecular weight is 353 g/mol. The second-order valence-electron chi connectivity index (χ2n) is 6.99. The van der Waals surface area contributed by atoms with E-state index in [0.717, 1.165) is 33.4 Å². The fourth-order valence-corrected chi connectivity index (χ4v) is 3.45. The van der Waals surface area contributed by atoms with Gasteiger partial charge in [-0.15, -0.1) is 0 Å². The summed E-state index contributed by atoms with van der Waals surface area (Å²) in [5.74, 6) is 0. The molecule has 3 heteroatoms. The van der Waals surface area contributed by atoms with Gasteiger partial charge in [0.2, 0.25) is 0 Å². The van der Waals surface area contributed by atoms with Crippen molar-refractivity contribution >= 4 is 22.3 Å². The number of aryl methyl sites for hydroxylation is 2. The molecular formula is C24H23N3. The van der Waals surface area contributed by atoms with E-state index in [1.54, 1.807) is 0 Å². The van der Waals surface area contributed by atoms with Gasteiger partial charge in [-0.05, 0) is 54.3 Å². The Labute approximate surface area is 159 Å². The second kappa shape index (κ2) is 7.12. The van der Waals surface area contributed by atoms with Crippen LogP contribution in [-0.2, 0) is 0 Å². The third kappa shape index (κ3) is 3.49.